The fraction of sp³-hybridized carbons (Fsp3) is 0.375. The van der Waals surface area contributed by atoms with E-state index < -0.39 is 0 Å². The highest BCUT2D eigenvalue weighted by molar-refractivity contribution is 7.08. The smallest absolute Gasteiger partial charge is 0.255 e. The second-order valence-corrected chi connectivity index (χ2v) is 6.18. The number of carbonyl (C=O) groups is 1. The minimum Gasteiger partial charge on any atom is -0.337 e. The van der Waals surface area contributed by atoms with Crippen LogP contribution in [0.5, 0.6) is 0 Å². The van der Waals surface area contributed by atoms with Crippen molar-refractivity contribution in [3.8, 4) is 11.3 Å². The van der Waals surface area contributed by atoms with Gasteiger partial charge >= 0.3 is 0 Å². The Morgan fingerprint density at radius 3 is 2.90 bits per heavy atom. The van der Waals surface area contributed by atoms with E-state index in [4.69, 9.17) is 0 Å². The third-order valence-electron chi connectivity index (χ3n) is 4.04. The Balaban J connectivity index is 1.83. The van der Waals surface area contributed by atoms with Gasteiger partial charge in [0.15, 0.2) is 0 Å². The third-order valence-corrected chi connectivity index (χ3v) is 4.72. The Morgan fingerprint density at radius 1 is 1.43 bits per heavy atom. The average molecular weight is 301 g/mol. The second kappa shape index (κ2) is 5.95. The maximum absolute atomic E-state index is 12.6. The number of likely N-dealkylation sites (N-methyl/N-ethyl adjacent to an activating group) is 1. The number of nitrogens with zero attached hydrogens (tertiary/aromatic N) is 2. The van der Waals surface area contributed by atoms with E-state index in [2.05, 4.69) is 15.7 Å². The third kappa shape index (κ3) is 2.84. The Bertz CT molecular complexity index is 633. The molecule has 1 unspecified atom stereocenters. The van der Waals surface area contributed by atoms with Gasteiger partial charge in [-0.3, -0.25) is 9.78 Å². The normalized spacial score (nSPS) is 17.9. The Hall–Kier alpha value is -1.72. The summed E-state index contributed by atoms with van der Waals surface area (Å²) in [6, 6.07) is 6.16. The number of nitrogens with one attached hydrogen (secondary N) is 1. The highest BCUT2D eigenvalue weighted by atomic mass is 32.1. The van der Waals surface area contributed by atoms with Gasteiger partial charge in [0.05, 0.1) is 17.0 Å². The molecule has 1 fully saturated rings. The van der Waals surface area contributed by atoms with E-state index in [1.807, 2.05) is 42.5 Å². The molecule has 1 atom stereocenters. The van der Waals surface area contributed by atoms with E-state index >= 15 is 0 Å². The zero-order chi connectivity index (χ0) is 14.8. The standard InChI is InChI=1S/C16H19N3OS/c1-11-14(16(20)19(2)13-5-7-17-9-13)3-4-15(18-11)12-6-8-21-10-12/h3-4,6,8,10,13,17H,5,7,9H2,1-2H3. The number of rotatable bonds is 3. The predicted octanol–water partition coefficient (Wildman–Crippen LogP) is 2.55. The average Bonchev–Trinajstić information content (AvgIpc) is 3.18. The van der Waals surface area contributed by atoms with Gasteiger partial charge in [-0.2, -0.15) is 11.3 Å². The molecule has 2 aromatic heterocycles. The molecule has 21 heavy (non-hydrogen) atoms. The van der Waals surface area contributed by atoms with Crippen LogP contribution in [0.4, 0.5) is 0 Å². The van der Waals surface area contributed by atoms with Crippen LogP contribution in [0.3, 0.4) is 0 Å². The fourth-order valence-corrected chi connectivity index (χ4v) is 3.33. The summed E-state index contributed by atoms with van der Waals surface area (Å²) in [5.74, 6) is 0.0607. The summed E-state index contributed by atoms with van der Waals surface area (Å²) in [6.07, 6.45) is 1.02. The van der Waals surface area contributed by atoms with Crippen molar-refractivity contribution in [2.24, 2.45) is 0 Å². The van der Waals surface area contributed by atoms with E-state index in [0.717, 1.165) is 36.5 Å². The summed E-state index contributed by atoms with van der Waals surface area (Å²) in [5, 5.41) is 7.40. The van der Waals surface area contributed by atoms with Gasteiger partial charge in [-0.15, -0.1) is 0 Å². The summed E-state index contributed by atoms with van der Waals surface area (Å²) in [6.45, 7) is 3.77. The van der Waals surface area contributed by atoms with Gasteiger partial charge < -0.3 is 10.2 Å². The number of carbonyl (C=O) groups excluding carboxylic acids is 1. The molecule has 0 aliphatic carbocycles. The molecule has 2 aromatic rings. The van der Waals surface area contributed by atoms with Crippen LogP contribution in [-0.2, 0) is 0 Å². The molecule has 110 valence electrons. The maximum Gasteiger partial charge on any atom is 0.255 e. The molecular formula is C16H19N3OS. The van der Waals surface area contributed by atoms with Gasteiger partial charge in [-0.25, -0.2) is 0 Å². The number of thiophene rings is 1. The van der Waals surface area contributed by atoms with Crippen LogP contribution < -0.4 is 5.32 Å². The lowest BCUT2D eigenvalue weighted by Gasteiger charge is -2.24. The van der Waals surface area contributed by atoms with Gasteiger partial charge in [0.1, 0.15) is 0 Å². The molecule has 1 N–H and O–H groups in total. The molecule has 5 heteroatoms. The van der Waals surface area contributed by atoms with Crippen molar-refractivity contribution < 1.29 is 4.79 Å². The largest absolute Gasteiger partial charge is 0.337 e. The summed E-state index contributed by atoms with van der Waals surface area (Å²) < 4.78 is 0. The molecule has 3 rings (SSSR count). The minimum atomic E-state index is 0.0607. The summed E-state index contributed by atoms with van der Waals surface area (Å²) >= 11 is 1.65. The number of pyridine rings is 1. The second-order valence-electron chi connectivity index (χ2n) is 5.40. The van der Waals surface area contributed by atoms with Gasteiger partial charge in [0, 0.05) is 30.6 Å². The number of aromatic nitrogens is 1. The molecule has 0 saturated carbocycles. The first-order chi connectivity index (χ1) is 10.2. The van der Waals surface area contributed by atoms with Crippen molar-refractivity contribution >= 4 is 17.2 Å². The predicted molar refractivity (Wildman–Crippen MR) is 85.7 cm³/mol. The van der Waals surface area contributed by atoms with Crippen molar-refractivity contribution in [3.63, 3.8) is 0 Å². The quantitative estimate of drug-likeness (QED) is 0.947. The van der Waals surface area contributed by atoms with Crippen molar-refractivity contribution in [2.75, 3.05) is 20.1 Å². The Morgan fingerprint density at radius 2 is 2.29 bits per heavy atom. The lowest BCUT2D eigenvalue weighted by Crippen LogP contribution is -2.38. The molecule has 0 bridgehead atoms. The highest BCUT2D eigenvalue weighted by Gasteiger charge is 2.25. The first-order valence-corrected chi connectivity index (χ1v) is 8.09. The summed E-state index contributed by atoms with van der Waals surface area (Å²) in [4.78, 5) is 19.0. The van der Waals surface area contributed by atoms with Gasteiger partial charge in [0.2, 0.25) is 0 Å². The molecule has 0 aromatic carbocycles. The Kier molecular flexibility index (Phi) is 4.03. The molecular weight excluding hydrogens is 282 g/mol. The van der Waals surface area contributed by atoms with E-state index in [-0.39, 0.29) is 11.9 Å². The first-order valence-electron chi connectivity index (χ1n) is 7.15. The van der Waals surface area contributed by atoms with Crippen LogP contribution in [0.25, 0.3) is 11.3 Å². The number of hydrogen-bond acceptors (Lipinski definition) is 4. The highest BCUT2D eigenvalue weighted by Crippen LogP contribution is 2.22. The van der Waals surface area contributed by atoms with Crippen molar-refractivity contribution in [1.82, 2.24) is 15.2 Å². The van der Waals surface area contributed by atoms with Crippen LogP contribution in [0.15, 0.2) is 29.0 Å². The van der Waals surface area contributed by atoms with E-state index in [1.165, 1.54) is 0 Å². The van der Waals surface area contributed by atoms with Crippen molar-refractivity contribution in [1.29, 1.82) is 0 Å². The first kappa shape index (κ1) is 14.2. The number of hydrogen-bond donors (Lipinski definition) is 1. The molecule has 1 amide bonds. The van der Waals surface area contributed by atoms with Crippen molar-refractivity contribution in [2.45, 2.75) is 19.4 Å². The summed E-state index contributed by atoms with van der Waals surface area (Å²) in [7, 11) is 1.88. The zero-order valence-electron chi connectivity index (χ0n) is 12.3. The number of amides is 1. The van der Waals surface area contributed by atoms with Gasteiger partial charge in [0.25, 0.3) is 5.91 Å². The molecule has 3 heterocycles. The maximum atomic E-state index is 12.6. The van der Waals surface area contributed by atoms with Crippen LogP contribution in [-0.4, -0.2) is 42.0 Å². The van der Waals surface area contributed by atoms with Crippen molar-refractivity contribution in [3.05, 3.63) is 40.2 Å². The number of aryl methyl sites for hydroxylation is 1. The van der Waals surface area contributed by atoms with E-state index in [0.29, 0.717) is 5.56 Å². The minimum absolute atomic E-state index is 0.0607. The van der Waals surface area contributed by atoms with Crippen LogP contribution >= 0.6 is 11.3 Å². The summed E-state index contributed by atoms with van der Waals surface area (Å²) in [5.41, 5.74) is 3.52. The molecule has 0 spiro atoms. The van der Waals surface area contributed by atoms with Crippen LogP contribution in [0.2, 0.25) is 0 Å². The van der Waals surface area contributed by atoms with E-state index in [9.17, 15) is 4.79 Å². The molecule has 1 aliphatic heterocycles. The van der Waals surface area contributed by atoms with Crippen LogP contribution in [0.1, 0.15) is 22.5 Å². The van der Waals surface area contributed by atoms with Crippen LogP contribution in [0, 0.1) is 6.92 Å². The van der Waals surface area contributed by atoms with Gasteiger partial charge in [-0.1, -0.05) is 0 Å². The Labute approximate surface area is 128 Å². The topological polar surface area (TPSA) is 45.2 Å². The lowest BCUT2D eigenvalue weighted by molar-refractivity contribution is 0.0742. The monoisotopic (exact) mass is 301 g/mol. The molecule has 1 saturated heterocycles. The van der Waals surface area contributed by atoms with Gasteiger partial charge in [-0.05, 0) is 43.5 Å². The molecule has 1 aliphatic rings. The fourth-order valence-electron chi connectivity index (χ4n) is 2.68. The van der Waals surface area contributed by atoms with E-state index in [1.54, 1.807) is 11.3 Å². The molecule has 4 nitrogen and oxygen atoms in total. The lowest BCUT2D eigenvalue weighted by atomic mass is 10.1. The molecule has 0 radical (unpaired) electrons. The SMILES string of the molecule is Cc1nc(-c2ccsc2)ccc1C(=O)N(C)C1CCNC1. The zero-order valence-corrected chi connectivity index (χ0v) is 13.1.